The summed E-state index contributed by atoms with van der Waals surface area (Å²) in [4.78, 5) is 10.8. The van der Waals surface area contributed by atoms with Gasteiger partial charge in [0.1, 0.15) is 5.75 Å². The van der Waals surface area contributed by atoms with Crippen LogP contribution in [0.3, 0.4) is 0 Å². The van der Waals surface area contributed by atoms with E-state index in [0.717, 1.165) is 6.42 Å². The Hall–Kier alpha value is -1.55. The Morgan fingerprint density at radius 3 is 2.56 bits per heavy atom. The summed E-state index contributed by atoms with van der Waals surface area (Å²) in [5, 5.41) is 19.0. The highest BCUT2D eigenvalue weighted by Crippen LogP contribution is 2.44. The number of benzene rings is 1. The van der Waals surface area contributed by atoms with Crippen LogP contribution in [0.4, 0.5) is 0 Å². The molecule has 4 nitrogen and oxygen atoms in total. The van der Waals surface area contributed by atoms with Crippen molar-refractivity contribution in [3.05, 3.63) is 29.3 Å². The van der Waals surface area contributed by atoms with E-state index < -0.39 is 11.6 Å². The molecule has 0 spiro atoms. The Morgan fingerprint density at radius 1 is 1.44 bits per heavy atom. The summed E-state index contributed by atoms with van der Waals surface area (Å²) in [6.07, 6.45) is 2.39. The molecule has 1 aliphatic carbocycles. The molecule has 1 aliphatic rings. The van der Waals surface area contributed by atoms with Crippen LogP contribution in [0.25, 0.3) is 0 Å². The molecule has 0 aliphatic heterocycles. The summed E-state index contributed by atoms with van der Waals surface area (Å²) >= 11 is 0. The molecule has 1 aromatic rings. The number of ether oxygens (including phenoxy) is 1. The Balaban J connectivity index is 2.42. The van der Waals surface area contributed by atoms with Gasteiger partial charge in [-0.2, -0.15) is 0 Å². The molecule has 86 valence electrons. The number of hydrogen-bond acceptors (Lipinski definition) is 3. The fraction of sp³-hybridized carbons (Fsp3) is 0.417. The van der Waals surface area contributed by atoms with Crippen LogP contribution in [0, 0.1) is 0 Å². The Kier molecular flexibility index (Phi) is 2.59. The summed E-state index contributed by atoms with van der Waals surface area (Å²) in [6.45, 7) is 0. The van der Waals surface area contributed by atoms with Gasteiger partial charge in [0.25, 0.3) is 0 Å². The largest absolute Gasteiger partial charge is 0.496 e. The summed E-state index contributed by atoms with van der Waals surface area (Å²) in [7, 11) is 1.48. The van der Waals surface area contributed by atoms with Crippen LogP contribution >= 0.6 is 0 Å². The molecule has 1 saturated carbocycles. The third-order valence-corrected chi connectivity index (χ3v) is 3.13. The number of aliphatic hydroxyl groups is 1. The normalized spacial score (nSPS) is 17.6. The number of rotatable bonds is 3. The zero-order valence-corrected chi connectivity index (χ0v) is 9.06. The van der Waals surface area contributed by atoms with Gasteiger partial charge in [0, 0.05) is 5.56 Å². The second kappa shape index (κ2) is 3.79. The Bertz CT molecular complexity index is 421. The van der Waals surface area contributed by atoms with Crippen LogP contribution < -0.4 is 4.74 Å². The van der Waals surface area contributed by atoms with Crippen molar-refractivity contribution < 1.29 is 19.7 Å². The molecule has 0 radical (unpaired) electrons. The van der Waals surface area contributed by atoms with Crippen LogP contribution in [0.1, 0.15) is 35.2 Å². The molecule has 16 heavy (non-hydrogen) atoms. The quantitative estimate of drug-likeness (QED) is 0.817. The highest BCUT2D eigenvalue weighted by Gasteiger charge is 2.38. The topological polar surface area (TPSA) is 66.8 Å². The molecule has 4 heteroatoms. The van der Waals surface area contributed by atoms with Gasteiger partial charge in [-0.05, 0) is 31.4 Å². The first-order chi connectivity index (χ1) is 7.57. The van der Waals surface area contributed by atoms with Crippen LogP contribution in [0.15, 0.2) is 18.2 Å². The van der Waals surface area contributed by atoms with E-state index in [9.17, 15) is 9.90 Å². The predicted octanol–water partition coefficient (Wildman–Crippen LogP) is 1.76. The molecule has 1 fully saturated rings. The van der Waals surface area contributed by atoms with E-state index in [4.69, 9.17) is 9.84 Å². The van der Waals surface area contributed by atoms with Crippen molar-refractivity contribution in [2.75, 3.05) is 7.11 Å². The number of carbonyl (C=O) groups is 1. The SMILES string of the molecule is COc1cc(C(=O)O)ccc1C1(O)CCC1. The van der Waals surface area contributed by atoms with Crippen LogP contribution in [0.5, 0.6) is 5.75 Å². The lowest BCUT2D eigenvalue weighted by molar-refractivity contribution is -0.0404. The van der Waals surface area contributed by atoms with Crippen molar-refractivity contribution in [2.45, 2.75) is 24.9 Å². The fourth-order valence-electron chi connectivity index (χ4n) is 1.99. The lowest BCUT2D eigenvalue weighted by Crippen LogP contribution is -2.34. The molecule has 2 N–H and O–H groups in total. The summed E-state index contributed by atoms with van der Waals surface area (Å²) in [6, 6.07) is 4.59. The number of hydrogen-bond donors (Lipinski definition) is 2. The highest BCUT2D eigenvalue weighted by atomic mass is 16.5. The maximum absolute atomic E-state index is 10.8. The van der Waals surface area contributed by atoms with Gasteiger partial charge < -0.3 is 14.9 Å². The first-order valence-electron chi connectivity index (χ1n) is 5.21. The number of aromatic carboxylic acids is 1. The lowest BCUT2D eigenvalue weighted by atomic mass is 9.74. The van der Waals surface area contributed by atoms with Gasteiger partial charge in [-0.15, -0.1) is 0 Å². The van der Waals surface area contributed by atoms with E-state index >= 15 is 0 Å². The fourth-order valence-corrected chi connectivity index (χ4v) is 1.99. The van der Waals surface area contributed by atoms with Crippen LogP contribution in [-0.2, 0) is 5.60 Å². The molecule has 0 bridgehead atoms. The smallest absolute Gasteiger partial charge is 0.335 e. The summed E-state index contributed by atoms with van der Waals surface area (Å²) < 4.78 is 5.13. The van der Waals surface area contributed by atoms with E-state index in [1.54, 1.807) is 6.07 Å². The zero-order valence-electron chi connectivity index (χ0n) is 9.06. The molecule has 1 aromatic carbocycles. The van der Waals surface area contributed by atoms with Crippen LogP contribution in [-0.4, -0.2) is 23.3 Å². The molecular formula is C12H14O4. The van der Waals surface area contributed by atoms with Crippen molar-refractivity contribution in [3.63, 3.8) is 0 Å². The van der Waals surface area contributed by atoms with Gasteiger partial charge in [-0.25, -0.2) is 4.79 Å². The number of carboxylic acids is 1. The predicted molar refractivity (Wildman–Crippen MR) is 57.7 cm³/mol. The maximum atomic E-state index is 10.8. The molecule has 0 aromatic heterocycles. The van der Waals surface area contributed by atoms with Crippen molar-refractivity contribution in [2.24, 2.45) is 0 Å². The zero-order chi connectivity index (χ0) is 11.8. The monoisotopic (exact) mass is 222 g/mol. The third-order valence-electron chi connectivity index (χ3n) is 3.13. The average Bonchev–Trinajstić information content (AvgIpc) is 2.25. The third kappa shape index (κ3) is 1.65. The second-order valence-corrected chi connectivity index (χ2v) is 4.11. The molecule has 0 saturated heterocycles. The molecular weight excluding hydrogens is 208 g/mol. The van der Waals surface area contributed by atoms with Gasteiger partial charge in [0.2, 0.25) is 0 Å². The molecule has 0 unspecified atom stereocenters. The maximum Gasteiger partial charge on any atom is 0.335 e. The van der Waals surface area contributed by atoms with Gasteiger partial charge in [-0.1, -0.05) is 6.07 Å². The minimum absolute atomic E-state index is 0.170. The first-order valence-corrected chi connectivity index (χ1v) is 5.21. The van der Waals surface area contributed by atoms with Crippen molar-refractivity contribution in [1.29, 1.82) is 0 Å². The molecule has 0 atom stereocenters. The van der Waals surface area contributed by atoms with Crippen LogP contribution in [0.2, 0.25) is 0 Å². The van der Waals surface area contributed by atoms with Crippen molar-refractivity contribution >= 4 is 5.97 Å². The van der Waals surface area contributed by atoms with E-state index in [1.165, 1.54) is 19.2 Å². The van der Waals surface area contributed by atoms with Gasteiger partial charge in [0.05, 0.1) is 18.3 Å². The number of methoxy groups -OCH3 is 1. The molecule has 0 heterocycles. The van der Waals surface area contributed by atoms with E-state index in [-0.39, 0.29) is 5.56 Å². The lowest BCUT2D eigenvalue weighted by Gasteiger charge is -2.37. The van der Waals surface area contributed by atoms with Gasteiger partial charge in [-0.3, -0.25) is 0 Å². The van der Waals surface area contributed by atoms with E-state index in [1.807, 2.05) is 0 Å². The second-order valence-electron chi connectivity index (χ2n) is 4.11. The van der Waals surface area contributed by atoms with E-state index in [2.05, 4.69) is 0 Å². The van der Waals surface area contributed by atoms with Crippen molar-refractivity contribution in [3.8, 4) is 5.75 Å². The minimum atomic E-state index is -0.995. The van der Waals surface area contributed by atoms with Gasteiger partial charge in [0.15, 0.2) is 0 Å². The average molecular weight is 222 g/mol. The van der Waals surface area contributed by atoms with E-state index in [0.29, 0.717) is 24.2 Å². The standard InChI is InChI=1S/C12H14O4/c1-16-10-7-8(11(13)14)3-4-9(10)12(15)5-2-6-12/h3-4,7,15H,2,5-6H2,1H3,(H,13,14). The highest BCUT2D eigenvalue weighted by molar-refractivity contribution is 5.88. The Labute approximate surface area is 93.5 Å². The van der Waals surface area contributed by atoms with Crippen molar-refractivity contribution in [1.82, 2.24) is 0 Å². The summed E-state index contributed by atoms with van der Waals surface area (Å²) in [5.74, 6) is -0.549. The first kappa shape index (κ1) is 11.0. The molecule has 2 rings (SSSR count). The molecule has 0 amide bonds. The Morgan fingerprint density at radius 2 is 2.12 bits per heavy atom. The van der Waals surface area contributed by atoms with Gasteiger partial charge >= 0.3 is 5.97 Å². The summed E-state index contributed by atoms with van der Waals surface area (Å²) in [5.41, 5.74) is 0.0253. The number of carboxylic acid groups (broad SMARTS) is 1. The minimum Gasteiger partial charge on any atom is -0.496 e.